The lowest BCUT2D eigenvalue weighted by molar-refractivity contribution is 1.63. The highest BCUT2D eigenvalue weighted by Crippen LogP contribution is 2.54. The van der Waals surface area contributed by atoms with E-state index in [9.17, 15) is 0 Å². The van der Waals surface area contributed by atoms with Crippen LogP contribution in [-0.4, -0.2) is 0 Å². The molecule has 0 heterocycles. The predicted molar refractivity (Wildman–Crippen MR) is 328 cm³/mol. The molecule has 0 unspecified atom stereocenters. The highest BCUT2D eigenvalue weighted by Gasteiger charge is 2.26. The van der Waals surface area contributed by atoms with Crippen molar-refractivity contribution >= 4 is 75.4 Å². The molecule has 0 spiro atoms. The van der Waals surface area contributed by atoms with Crippen LogP contribution >= 0.6 is 0 Å². The van der Waals surface area contributed by atoms with Crippen LogP contribution in [0.5, 0.6) is 0 Å². The maximum Gasteiger partial charge on any atom is -0.000139 e. The Balaban J connectivity index is 0.000000142. The molecule has 0 amide bonds. The van der Waals surface area contributed by atoms with Crippen LogP contribution in [0.2, 0.25) is 0 Å². The summed E-state index contributed by atoms with van der Waals surface area (Å²) in [5.74, 6) is 0. The van der Waals surface area contributed by atoms with Gasteiger partial charge in [-0.3, -0.25) is 0 Å². The van der Waals surface area contributed by atoms with Crippen molar-refractivity contribution in [3.8, 4) is 66.8 Å². The Morgan fingerprint density at radius 2 is 0.303 bits per heavy atom. The number of hydrogen-bond donors (Lipinski definition) is 0. The fourth-order valence-corrected chi connectivity index (χ4v) is 12.2. The topological polar surface area (TPSA) is 0 Å². The van der Waals surface area contributed by atoms with Crippen molar-refractivity contribution in [3.05, 3.63) is 303 Å². The molecule has 0 nitrogen and oxygen atoms in total. The van der Waals surface area contributed by atoms with Gasteiger partial charge in [0, 0.05) is 0 Å². The first-order valence-corrected chi connectivity index (χ1v) is 26.3. The Morgan fingerprint density at radius 3 is 0.513 bits per heavy atom. The van der Waals surface area contributed by atoms with Gasteiger partial charge in [-0.25, -0.2) is 0 Å². The Labute approximate surface area is 443 Å². The van der Waals surface area contributed by atoms with Gasteiger partial charge in [0.25, 0.3) is 0 Å². The van der Waals surface area contributed by atoms with Crippen LogP contribution in [0.1, 0.15) is 0 Å². The summed E-state index contributed by atoms with van der Waals surface area (Å²) in [5.41, 5.74) is 15.1. The third-order valence-electron chi connectivity index (χ3n) is 15.4. The quantitative estimate of drug-likeness (QED) is 0.146. The first-order chi connectivity index (χ1) is 37.8. The predicted octanol–water partition coefficient (Wildman–Crippen LogP) is 21.4. The standard InChI is InChI=1S/C42H28.C34H22/c1-5-17-29(18-6-1)37-33-25-13-14-26-34(33)39(31-21-9-3-10-22-31)42-40(32-23-11-4-12-24-32)36-28-16-15-27-35(36)38(41(37)42)30-19-7-2-8-20-30;1-3-11-23(12-4-1)33-29-19-25-15-7-9-17-27(25)21-31(29)34(24-13-5-2-6-14-24)32-22-28-18-10-8-16-26(28)20-30(32)33/h1-28H;1-22H. The molecular formula is C76H50. The smallest absolute Gasteiger partial charge is 0.000139 e. The van der Waals surface area contributed by atoms with Crippen LogP contribution in [-0.2, 0) is 0 Å². The number of hydrogen-bond acceptors (Lipinski definition) is 0. The Kier molecular flexibility index (Phi) is 11.3. The minimum atomic E-state index is 1.23. The Bertz CT molecular complexity index is 4070. The van der Waals surface area contributed by atoms with Gasteiger partial charge in [-0.05, 0) is 166 Å². The van der Waals surface area contributed by atoms with Gasteiger partial charge in [0.05, 0.1) is 0 Å². The first kappa shape index (κ1) is 44.8. The van der Waals surface area contributed by atoms with Gasteiger partial charge in [0.1, 0.15) is 0 Å². The molecule has 15 aromatic rings. The summed E-state index contributed by atoms with van der Waals surface area (Å²) in [6.45, 7) is 0. The van der Waals surface area contributed by atoms with Crippen LogP contribution < -0.4 is 0 Å². The molecule has 0 fully saturated rings. The minimum absolute atomic E-state index is 1.23. The molecule has 15 aromatic carbocycles. The van der Waals surface area contributed by atoms with E-state index in [4.69, 9.17) is 0 Å². The lowest BCUT2D eigenvalue weighted by atomic mass is 9.77. The van der Waals surface area contributed by atoms with Gasteiger partial charge in [0.15, 0.2) is 0 Å². The summed E-state index contributed by atoms with van der Waals surface area (Å²) in [4.78, 5) is 0. The largest absolute Gasteiger partial charge is 0.0622 e. The van der Waals surface area contributed by atoms with Gasteiger partial charge >= 0.3 is 0 Å². The monoisotopic (exact) mass is 962 g/mol. The van der Waals surface area contributed by atoms with E-state index >= 15 is 0 Å². The van der Waals surface area contributed by atoms with Gasteiger partial charge in [-0.2, -0.15) is 0 Å². The Morgan fingerprint density at radius 1 is 0.132 bits per heavy atom. The second-order valence-electron chi connectivity index (χ2n) is 19.8. The molecule has 0 aliphatic heterocycles. The zero-order valence-electron chi connectivity index (χ0n) is 41.9. The molecule has 0 heteroatoms. The van der Waals surface area contributed by atoms with E-state index in [1.807, 2.05) is 0 Å². The van der Waals surface area contributed by atoms with Gasteiger partial charge in [-0.1, -0.05) is 279 Å². The molecule has 15 rings (SSSR count). The number of benzene rings is 15. The summed E-state index contributed by atoms with van der Waals surface area (Å²) in [6, 6.07) is 110. The maximum atomic E-state index is 2.38. The summed E-state index contributed by atoms with van der Waals surface area (Å²) in [5, 5.41) is 17.9. The average Bonchev–Trinajstić information content (AvgIpc) is 3.66. The Hall–Kier alpha value is -9.88. The molecule has 0 aromatic heterocycles. The zero-order chi connectivity index (χ0) is 50.4. The van der Waals surface area contributed by atoms with Crippen molar-refractivity contribution < 1.29 is 0 Å². The third-order valence-corrected chi connectivity index (χ3v) is 15.4. The average molecular weight is 963 g/mol. The van der Waals surface area contributed by atoms with E-state index < -0.39 is 0 Å². The van der Waals surface area contributed by atoms with E-state index in [0.717, 1.165) is 0 Å². The van der Waals surface area contributed by atoms with Crippen LogP contribution in [0.15, 0.2) is 303 Å². The second kappa shape index (κ2) is 19.2. The van der Waals surface area contributed by atoms with E-state index in [1.165, 1.54) is 142 Å². The molecular weight excluding hydrogens is 913 g/mol. The van der Waals surface area contributed by atoms with Crippen LogP contribution in [0.25, 0.3) is 142 Å². The van der Waals surface area contributed by atoms with E-state index in [0.29, 0.717) is 0 Å². The van der Waals surface area contributed by atoms with Crippen molar-refractivity contribution in [2.45, 2.75) is 0 Å². The van der Waals surface area contributed by atoms with Crippen molar-refractivity contribution in [2.24, 2.45) is 0 Å². The lowest BCUT2D eigenvalue weighted by Crippen LogP contribution is -1.97. The normalized spacial score (nSPS) is 11.4. The number of fused-ring (bicyclic) bond motifs is 7. The van der Waals surface area contributed by atoms with Crippen LogP contribution in [0.4, 0.5) is 0 Å². The fraction of sp³-hybridized carbons (Fsp3) is 0. The van der Waals surface area contributed by atoms with E-state index in [1.54, 1.807) is 0 Å². The third kappa shape index (κ3) is 7.70. The summed E-state index contributed by atoms with van der Waals surface area (Å²) in [7, 11) is 0. The summed E-state index contributed by atoms with van der Waals surface area (Å²) in [6.07, 6.45) is 0. The molecule has 0 N–H and O–H groups in total. The zero-order valence-corrected chi connectivity index (χ0v) is 41.9. The molecule has 0 aliphatic rings. The van der Waals surface area contributed by atoms with Crippen molar-refractivity contribution in [1.29, 1.82) is 0 Å². The van der Waals surface area contributed by atoms with Crippen molar-refractivity contribution in [2.75, 3.05) is 0 Å². The molecule has 0 atom stereocenters. The summed E-state index contributed by atoms with van der Waals surface area (Å²) >= 11 is 0. The first-order valence-electron chi connectivity index (χ1n) is 26.3. The number of rotatable bonds is 6. The molecule has 0 saturated carbocycles. The highest BCUT2D eigenvalue weighted by molar-refractivity contribution is 6.34. The van der Waals surface area contributed by atoms with Crippen LogP contribution in [0, 0.1) is 0 Å². The van der Waals surface area contributed by atoms with Crippen molar-refractivity contribution in [1.82, 2.24) is 0 Å². The lowest BCUT2D eigenvalue weighted by Gasteiger charge is -2.25. The highest BCUT2D eigenvalue weighted by atomic mass is 14.3. The summed E-state index contributed by atoms with van der Waals surface area (Å²) < 4.78 is 0. The van der Waals surface area contributed by atoms with E-state index in [2.05, 4.69) is 303 Å². The molecule has 0 saturated heterocycles. The van der Waals surface area contributed by atoms with E-state index in [-0.39, 0.29) is 0 Å². The molecule has 0 radical (unpaired) electrons. The minimum Gasteiger partial charge on any atom is -0.0622 e. The fourth-order valence-electron chi connectivity index (χ4n) is 12.2. The molecule has 0 bridgehead atoms. The van der Waals surface area contributed by atoms with Gasteiger partial charge < -0.3 is 0 Å². The molecule has 354 valence electrons. The van der Waals surface area contributed by atoms with Crippen molar-refractivity contribution in [3.63, 3.8) is 0 Å². The van der Waals surface area contributed by atoms with Crippen LogP contribution in [0.3, 0.4) is 0 Å². The second-order valence-corrected chi connectivity index (χ2v) is 19.8. The molecule has 0 aliphatic carbocycles. The molecule has 76 heavy (non-hydrogen) atoms. The maximum absolute atomic E-state index is 2.38. The van der Waals surface area contributed by atoms with Gasteiger partial charge in [0.2, 0.25) is 0 Å². The van der Waals surface area contributed by atoms with Gasteiger partial charge in [-0.15, -0.1) is 0 Å². The SMILES string of the molecule is c1ccc(-c2c3cc4ccccc4cc3c(-c3ccccc3)c3cc4ccccc4cc23)cc1.c1ccc(-c2c3ccccc3c(-c3ccccc3)c3c(-c4ccccc4)c4ccccc4c(-c4ccccc4)c23)cc1.